The number of amides is 1. The molecule has 3 rings (SSSR count). The minimum atomic E-state index is -0.538. The highest BCUT2D eigenvalue weighted by Crippen LogP contribution is 2.24. The van der Waals surface area contributed by atoms with Crippen molar-refractivity contribution < 1.29 is 9.53 Å². The van der Waals surface area contributed by atoms with Gasteiger partial charge in [0.25, 0.3) is 0 Å². The smallest absolute Gasteiger partial charge is 0.410 e. The van der Waals surface area contributed by atoms with Crippen molar-refractivity contribution in [2.75, 3.05) is 30.8 Å². The molecule has 9 nitrogen and oxygen atoms in total. The number of hydrogen-bond donors (Lipinski definition) is 1. The number of ether oxygens (including phenoxy) is 1. The van der Waals surface area contributed by atoms with Crippen molar-refractivity contribution in [3.05, 3.63) is 15.9 Å². The molecule has 1 atom stereocenters. The number of hydrogen-bond acceptors (Lipinski definition) is 8. The number of aromatic nitrogens is 4. The molecule has 10 heteroatoms. The van der Waals surface area contributed by atoms with Gasteiger partial charge in [0.05, 0.1) is 0 Å². The van der Waals surface area contributed by atoms with E-state index in [4.69, 9.17) is 4.74 Å². The van der Waals surface area contributed by atoms with E-state index in [2.05, 4.69) is 25.1 Å². The molecular weight excluding hydrogens is 392 g/mol. The van der Waals surface area contributed by atoms with Gasteiger partial charge in [0, 0.05) is 31.4 Å². The van der Waals surface area contributed by atoms with Gasteiger partial charge in [0.2, 0.25) is 10.6 Å². The Morgan fingerprint density at radius 2 is 2.03 bits per heavy atom. The predicted molar refractivity (Wildman–Crippen MR) is 114 cm³/mol. The van der Waals surface area contributed by atoms with E-state index in [9.17, 15) is 9.59 Å². The van der Waals surface area contributed by atoms with E-state index in [1.165, 1.54) is 11.8 Å². The Balaban J connectivity index is 1.93. The highest BCUT2D eigenvalue weighted by molar-refractivity contribution is 7.98. The van der Waals surface area contributed by atoms with Crippen molar-refractivity contribution in [2.45, 2.75) is 57.8 Å². The Morgan fingerprint density at radius 1 is 1.31 bits per heavy atom. The highest BCUT2D eigenvalue weighted by Gasteiger charge is 2.32. The zero-order valence-electron chi connectivity index (χ0n) is 17.8. The molecule has 0 aromatic carbocycles. The van der Waals surface area contributed by atoms with Crippen LogP contribution in [0.25, 0.3) is 11.2 Å². The van der Waals surface area contributed by atoms with Crippen molar-refractivity contribution in [3.63, 3.8) is 0 Å². The van der Waals surface area contributed by atoms with Crippen LogP contribution in [0.15, 0.2) is 9.95 Å². The molecule has 3 heterocycles. The van der Waals surface area contributed by atoms with Gasteiger partial charge in [-0.2, -0.15) is 0 Å². The second kappa shape index (κ2) is 8.17. The lowest BCUT2D eigenvalue weighted by Gasteiger charge is -2.41. The number of aryl methyl sites for hydroxylation is 1. The Hall–Kier alpha value is -2.36. The summed E-state index contributed by atoms with van der Waals surface area (Å²) in [4.78, 5) is 37.1. The van der Waals surface area contributed by atoms with Gasteiger partial charge in [0.15, 0.2) is 11.2 Å². The monoisotopic (exact) mass is 420 g/mol. The lowest BCUT2D eigenvalue weighted by atomic mass is 10.1. The predicted octanol–water partition coefficient (Wildman–Crippen LogP) is 2.44. The number of anilines is 1. The summed E-state index contributed by atoms with van der Waals surface area (Å²) in [5.74, 6) is 0. The van der Waals surface area contributed by atoms with Gasteiger partial charge in [0.1, 0.15) is 11.3 Å². The number of carbonyl (C=O) groups excluding carboxylic acids is 1. The molecule has 0 radical (unpaired) electrons. The van der Waals surface area contributed by atoms with E-state index in [1.807, 2.05) is 40.9 Å². The fourth-order valence-corrected chi connectivity index (χ4v) is 3.74. The van der Waals surface area contributed by atoms with Crippen LogP contribution < -0.4 is 10.3 Å². The number of fused-ring (bicyclic) bond motifs is 1. The van der Waals surface area contributed by atoms with Crippen LogP contribution in [-0.4, -0.2) is 68.7 Å². The standard InChI is InChI=1S/C19H28N6O3S/c1-7-12-14(15(26)13-16(20-12)22-23-17(21-13)29-6)25-9-8-24(10-11(25)2)18(27)28-19(3,4)5/h11H,7-10H2,1-6H3,(H,20,22,26)/t11-/m0/s1. The summed E-state index contributed by atoms with van der Waals surface area (Å²) >= 11 is 1.34. The summed E-state index contributed by atoms with van der Waals surface area (Å²) in [6, 6.07) is -0.0464. The molecule has 2 aromatic heterocycles. The van der Waals surface area contributed by atoms with Crippen LogP contribution in [0, 0.1) is 0 Å². The van der Waals surface area contributed by atoms with Gasteiger partial charge < -0.3 is 19.5 Å². The van der Waals surface area contributed by atoms with Crippen molar-refractivity contribution in [2.24, 2.45) is 0 Å². The van der Waals surface area contributed by atoms with E-state index in [0.29, 0.717) is 48.1 Å². The quantitative estimate of drug-likeness (QED) is 0.755. The number of nitrogens with zero attached hydrogens (tertiary/aromatic N) is 5. The lowest BCUT2D eigenvalue weighted by Crippen LogP contribution is -2.55. The number of thioether (sulfide) groups is 1. The molecule has 29 heavy (non-hydrogen) atoms. The zero-order valence-corrected chi connectivity index (χ0v) is 18.6. The Morgan fingerprint density at radius 3 is 2.62 bits per heavy atom. The fraction of sp³-hybridized carbons (Fsp3) is 0.632. The van der Waals surface area contributed by atoms with Crippen molar-refractivity contribution >= 4 is 34.7 Å². The average Bonchev–Trinajstić information content (AvgIpc) is 2.66. The van der Waals surface area contributed by atoms with Gasteiger partial charge in [-0.25, -0.2) is 9.78 Å². The van der Waals surface area contributed by atoms with Crippen LogP contribution in [0.2, 0.25) is 0 Å². The van der Waals surface area contributed by atoms with Gasteiger partial charge >= 0.3 is 6.09 Å². The van der Waals surface area contributed by atoms with E-state index in [0.717, 1.165) is 5.69 Å². The third-order valence-corrected chi connectivity index (χ3v) is 5.29. The number of carbonyl (C=O) groups is 1. The number of H-pyrrole nitrogens is 1. The first-order valence-corrected chi connectivity index (χ1v) is 10.9. The van der Waals surface area contributed by atoms with Crippen LogP contribution in [0.1, 0.15) is 40.3 Å². The maximum Gasteiger partial charge on any atom is 0.410 e. The van der Waals surface area contributed by atoms with Crippen molar-refractivity contribution in [1.82, 2.24) is 25.1 Å². The first-order chi connectivity index (χ1) is 13.6. The van der Waals surface area contributed by atoms with Crippen LogP contribution in [0.4, 0.5) is 10.5 Å². The molecule has 0 saturated carbocycles. The average molecular weight is 421 g/mol. The minimum Gasteiger partial charge on any atom is -0.444 e. The molecule has 1 aliphatic rings. The molecule has 1 aliphatic heterocycles. The second-order valence-electron chi connectivity index (χ2n) is 8.10. The number of aromatic amines is 1. The summed E-state index contributed by atoms with van der Waals surface area (Å²) in [5, 5.41) is 8.60. The molecule has 1 saturated heterocycles. The zero-order chi connectivity index (χ0) is 21.3. The fourth-order valence-electron chi connectivity index (χ4n) is 3.43. The third kappa shape index (κ3) is 4.47. The van der Waals surface area contributed by atoms with Crippen LogP contribution in [0.3, 0.4) is 0 Å². The first kappa shape index (κ1) is 21.4. The summed E-state index contributed by atoms with van der Waals surface area (Å²) in [6.07, 6.45) is 2.16. The molecule has 0 unspecified atom stereocenters. The topological polar surface area (TPSA) is 104 Å². The Kier molecular flexibility index (Phi) is 6.02. The second-order valence-corrected chi connectivity index (χ2v) is 8.87. The summed E-state index contributed by atoms with van der Waals surface area (Å²) in [5.41, 5.74) is 1.39. The Bertz CT molecular complexity index is 971. The Labute approximate surface area is 174 Å². The normalized spacial score (nSPS) is 17.7. The first-order valence-electron chi connectivity index (χ1n) is 9.72. The van der Waals surface area contributed by atoms with E-state index in [1.54, 1.807) is 4.90 Å². The van der Waals surface area contributed by atoms with Crippen LogP contribution in [0.5, 0.6) is 0 Å². The van der Waals surface area contributed by atoms with Gasteiger partial charge in [-0.15, -0.1) is 10.2 Å². The summed E-state index contributed by atoms with van der Waals surface area (Å²) < 4.78 is 5.49. The molecule has 0 aliphatic carbocycles. The van der Waals surface area contributed by atoms with E-state index >= 15 is 0 Å². The number of nitrogens with one attached hydrogen (secondary N) is 1. The molecule has 0 bridgehead atoms. The van der Waals surface area contributed by atoms with Gasteiger partial charge in [-0.3, -0.25) is 4.79 Å². The number of piperazine rings is 1. The van der Waals surface area contributed by atoms with Crippen molar-refractivity contribution in [3.8, 4) is 0 Å². The molecule has 158 valence electrons. The summed E-state index contributed by atoms with van der Waals surface area (Å²) in [7, 11) is 0. The molecular formula is C19H28N6O3S. The molecule has 1 amide bonds. The van der Waals surface area contributed by atoms with Crippen LogP contribution in [-0.2, 0) is 11.2 Å². The SMILES string of the molecule is CCc1[nH]c2nnc(SC)nc2c(=O)c1N1CCN(C(=O)OC(C)(C)C)C[C@@H]1C. The molecule has 0 spiro atoms. The third-order valence-electron chi connectivity index (χ3n) is 4.76. The van der Waals surface area contributed by atoms with E-state index < -0.39 is 5.60 Å². The largest absolute Gasteiger partial charge is 0.444 e. The van der Waals surface area contributed by atoms with E-state index in [-0.39, 0.29) is 17.6 Å². The number of rotatable bonds is 3. The molecule has 2 aromatic rings. The number of pyridine rings is 1. The van der Waals surface area contributed by atoms with Crippen LogP contribution >= 0.6 is 11.8 Å². The van der Waals surface area contributed by atoms with Gasteiger partial charge in [-0.05, 0) is 40.4 Å². The summed E-state index contributed by atoms with van der Waals surface area (Å²) in [6.45, 7) is 11.0. The van der Waals surface area contributed by atoms with Gasteiger partial charge in [-0.1, -0.05) is 18.7 Å². The maximum absolute atomic E-state index is 13.3. The lowest BCUT2D eigenvalue weighted by molar-refractivity contribution is 0.0218. The minimum absolute atomic E-state index is 0.0464. The highest BCUT2D eigenvalue weighted by atomic mass is 32.2. The van der Waals surface area contributed by atoms with Crippen molar-refractivity contribution in [1.29, 1.82) is 0 Å². The maximum atomic E-state index is 13.3. The molecule has 1 N–H and O–H groups in total. The molecule has 1 fully saturated rings.